The molecule has 0 saturated heterocycles. The zero-order chi connectivity index (χ0) is 19.2. The minimum Gasteiger partial charge on any atom is -0.362 e. The van der Waals surface area contributed by atoms with E-state index in [4.69, 9.17) is 0 Å². The Morgan fingerprint density at radius 3 is 2.21 bits per heavy atom. The topological polar surface area (TPSA) is 6.48 Å². The summed E-state index contributed by atoms with van der Waals surface area (Å²) in [5.74, 6) is 0. The SMILES string of the molecule is C1=C(c2ccccc2)N2CCc3ccccc3C2C1N1CCc2ccccc2C1. The van der Waals surface area contributed by atoms with Gasteiger partial charge in [-0.15, -0.1) is 0 Å². The minimum absolute atomic E-state index is 0.417. The molecule has 0 N–H and O–H groups in total. The predicted molar refractivity (Wildman–Crippen MR) is 118 cm³/mol. The van der Waals surface area contributed by atoms with E-state index in [2.05, 4.69) is 94.7 Å². The van der Waals surface area contributed by atoms with Crippen LogP contribution in [0.25, 0.3) is 5.70 Å². The highest BCUT2D eigenvalue weighted by molar-refractivity contribution is 5.69. The lowest BCUT2D eigenvalue weighted by molar-refractivity contribution is 0.139. The van der Waals surface area contributed by atoms with Crippen molar-refractivity contribution in [2.24, 2.45) is 0 Å². The molecule has 29 heavy (non-hydrogen) atoms. The molecule has 0 bridgehead atoms. The third-order valence-corrected chi connectivity index (χ3v) is 6.94. The molecule has 0 amide bonds. The molecule has 0 spiro atoms. The van der Waals surface area contributed by atoms with Crippen molar-refractivity contribution in [3.63, 3.8) is 0 Å². The van der Waals surface area contributed by atoms with Crippen LogP contribution in [0.5, 0.6) is 0 Å². The summed E-state index contributed by atoms with van der Waals surface area (Å²) in [6.45, 7) is 3.28. The van der Waals surface area contributed by atoms with Crippen molar-refractivity contribution >= 4 is 5.70 Å². The van der Waals surface area contributed by atoms with E-state index < -0.39 is 0 Å². The Bertz CT molecular complexity index is 1070. The largest absolute Gasteiger partial charge is 0.362 e. The average molecular weight is 379 g/mol. The monoisotopic (exact) mass is 378 g/mol. The third-order valence-electron chi connectivity index (χ3n) is 6.94. The fourth-order valence-corrected chi connectivity index (χ4v) is 5.53. The molecule has 3 aromatic rings. The van der Waals surface area contributed by atoms with Crippen molar-refractivity contribution in [3.8, 4) is 0 Å². The lowest BCUT2D eigenvalue weighted by Gasteiger charge is -2.42. The maximum absolute atomic E-state index is 2.71. The molecule has 0 fully saturated rings. The lowest BCUT2D eigenvalue weighted by atomic mass is 9.88. The normalized spacial score (nSPS) is 23.2. The van der Waals surface area contributed by atoms with E-state index in [-0.39, 0.29) is 0 Å². The second-order valence-corrected chi connectivity index (χ2v) is 8.48. The average Bonchev–Trinajstić information content (AvgIpc) is 3.19. The second kappa shape index (κ2) is 6.89. The number of hydrogen-bond donors (Lipinski definition) is 0. The van der Waals surface area contributed by atoms with Gasteiger partial charge in [-0.25, -0.2) is 0 Å². The number of nitrogens with zero attached hydrogens (tertiary/aromatic N) is 2. The molecule has 2 unspecified atom stereocenters. The Morgan fingerprint density at radius 2 is 1.34 bits per heavy atom. The molecule has 0 aliphatic carbocycles. The Hall–Kier alpha value is -2.84. The highest BCUT2D eigenvalue weighted by atomic mass is 15.3. The number of fused-ring (bicyclic) bond motifs is 4. The van der Waals surface area contributed by atoms with Gasteiger partial charge in [-0.05, 0) is 46.7 Å². The molecule has 6 rings (SSSR count). The van der Waals surface area contributed by atoms with E-state index in [1.54, 1.807) is 0 Å². The molecule has 0 aromatic heterocycles. The van der Waals surface area contributed by atoms with Gasteiger partial charge in [-0.2, -0.15) is 0 Å². The molecular weight excluding hydrogens is 352 g/mol. The van der Waals surface area contributed by atoms with E-state index >= 15 is 0 Å². The Kier molecular flexibility index (Phi) is 4.05. The van der Waals surface area contributed by atoms with Gasteiger partial charge in [0, 0.05) is 25.3 Å². The molecule has 2 heteroatoms. The van der Waals surface area contributed by atoms with E-state index in [9.17, 15) is 0 Å². The van der Waals surface area contributed by atoms with Gasteiger partial charge in [0.1, 0.15) is 0 Å². The van der Waals surface area contributed by atoms with E-state index in [0.717, 1.165) is 32.5 Å². The van der Waals surface area contributed by atoms with Gasteiger partial charge in [-0.1, -0.05) is 78.9 Å². The molecule has 2 nitrogen and oxygen atoms in total. The molecule has 3 heterocycles. The minimum atomic E-state index is 0.417. The van der Waals surface area contributed by atoms with E-state index in [1.165, 1.54) is 33.5 Å². The predicted octanol–water partition coefficient (Wildman–Crippen LogP) is 5.07. The zero-order valence-electron chi connectivity index (χ0n) is 16.7. The van der Waals surface area contributed by atoms with Crippen molar-refractivity contribution in [1.29, 1.82) is 0 Å². The summed E-state index contributed by atoms with van der Waals surface area (Å²) in [5.41, 5.74) is 8.82. The van der Waals surface area contributed by atoms with Gasteiger partial charge < -0.3 is 4.90 Å². The number of rotatable bonds is 2. The summed E-state index contributed by atoms with van der Waals surface area (Å²) < 4.78 is 0. The molecular formula is C27H26N2. The van der Waals surface area contributed by atoms with Gasteiger partial charge in [0.25, 0.3) is 0 Å². The van der Waals surface area contributed by atoms with Gasteiger partial charge >= 0.3 is 0 Å². The molecule has 3 aromatic carbocycles. The van der Waals surface area contributed by atoms with E-state index in [1.807, 2.05) is 0 Å². The number of benzene rings is 3. The summed E-state index contributed by atoms with van der Waals surface area (Å²) in [4.78, 5) is 5.38. The molecule has 3 aliphatic rings. The van der Waals surface area contributed by atoms with Gasteiger partial charge in [-0.3, -0.25) is 4.90 Å². The summed E-state index contributed by atoms with van der Waals surface area (Å²) in [5, 5.41) is 0. The summed E-state index contributed by atoms with van der Waals surface area (Å²) in [6.07, 6.45) is 4.83. The van der Waals surface area contributed by atoms with Gasteiger partial charge in [0.05, 0.1) is 12.1 Å². The Morgan fingerprint density at radius 1 is 0.655 bits per heavy atom. The first-order chi connectivity index (χ1) is 14.4. The molecule has 3 aliphatic heterocycles. The van der Waals surface area contributed by atoms with Crippen molar-refractivity contribution in [1.82, 2.24) is 9.80 Å². The first kappa shape index (κ1) is 17.1. The van der Waals surface area contributed by atoms with Crippen molar-refractivity contribution in [2.75, 3.05) is 13.1 Å². The Balaban J connectivity index is 1.43. The van der Waals surface area contributed by atoms with Crippen LogP contribution < -0.4 is 0 Å². The zero-order valence-corrected chi connectivity index (χ0v) is 16.7. The molecule has 0 radical (unpaired) electrons. The van der Waals surface area contributed by atoms with Crippen LogP contribution in [0.1, 0.15) is 33.9 Å². The summed E-state index contributed by atoms with van der Waals surface area (Å²) in [7, 11) is 0. The maximum Gasteiger partial charge on any atom is 0.0737 e. The molecule has 2 atom stereocenters. The van der Waals surface area contributed by atoms with Crippen LogP contribution in [0.4, 0.5) is 0 Å². The smallest absolute Gasteiger partial charge is 0.0737 e. The fraction of sp³-hybridized carbons (Fsp3) is 0.259. The highest BCUT2D eigenvalue weighted by Gasteiger charge is 2.42. The highest BCUT2D eigenvalue weighted by Crippen LogP contribution is 2.45. The molecule has 144 valence electrons. The number of hydrogen-bond acceptors (Lipinski definition) is 2. The summed E-state index contributed by atoms with van der Waals surface area (Å²) >= 11 is 0. The van der Waals surface area contributed by atoms with Crippen molar-refractivity contribution in [3.05, 3.63) is 113 Å². The van der Waals surface area contributed by atoms with Crippen LogP contribution in [0.2, 0.25) is 0 Å². The van der Waals surface area contributed by atoms with Crippen LogP contribution in [0.15, 0.2) is 84.9 Å². The van der Waals surface area contributed by atoms with Gasteiger partial charge in [0.2, 0.25) is 0 Å². The standard InChI is InChI=1S/C27H26N2/c1-2-10-22(11-3-1)25-18-26(28-16-14-20-8-4-5-12-23(20)19-28)27-24-13-7-6-9-21(24)15-17-29(25)27/h1-13,18,26-27H,14-17,19H2. The van der Waals surface area contributed by atoms with Crippen LogP contribution in [-0.2, 0) is 19.4 Å². The fourth-order valence-electron chi connectivity index (χ4n) is 5.53. The lowest BCUT2D eigenvalue weighted by Crippen LogP contribution is -2.45. The Labute approximate surface area is 173 Å². The van der Waals surface area contributed by atoms with Crippen LogP contribution in [-0.4, -0.2) is 28.9 Å². The first-order valence-corrected chi connectivity index (χ1v) is 10.8. The van der Waals surface area contributed by atoms with Gasteiger partial charge in [0.15, 0.2) is 0 Å². The third kappa shape index (κ3) is 2.82. The second-order valence-electron chi connectivity index (χ2n) is 8.48. The molecule has 0 saturated carbocycles. The van der Waals surface area contributed by atoms with Crippen molar-refractivity contribution in [2.45, 2.75) is 31.5 Å². The van der Waals surface area contributed by atoms with Crippen LogP contribution >= 0.6 is 0 Å². The van der Waals surface area contributed by atoms with Crippen LogP contribution in [0.3, 0.4) is 0 Å². The van der Waals surface area contributed by atoms with Crippen LogP contribution in [0, 0.1) is 0 Å². The quantitative estimate of drug-likeness (QED) is 0.614. The summed E-state index contributed by atoms with van der Waals surface area (Å²) in [6, 6.07) is 29.9. The van der Waals surface area contributed by atoms with E-state index in [0.29, 0.717) is 12.1 Å². The maximum atomic E-state index is 2.71. The first-order valence-electron chi connectivity index (χ1n) is 10.8. The van der Waals surface area contributed by atoms with Crippen molar-refractivity contribution < 1.29 is 0 Å².